The van der Waals surface area contributed by atoms with Gasteiger partial charge in [0.2, 0.25) is 5.76 Å². The third-order valence-corrected chi connectivity index (χ3v) is 3.99. The summed E-state index contributed by atoms with van der Waals surface area (Å²) in [4.78, 5) is 11.4. The third-order valence-electron chi connectivity index (χ3n) is 3.99. The summed E-state index contributed by atoms with van der Waals surface area (Å²) in [6, 6.07) is 3.74. The van der Waals surface area contributed by atoms with E-state index in [1.165, 1.54) is 26.4 Å². The number of rotatable bonds is 4. The highest BCUT2D eigenvalue weighted by Gasteiger charge is 2.33. The van der Waals surface area contributed by atoms with Crippen molar-refractivity contribution in [1.82, 2.24) is 5.32 Å². The molecule has 3 unspecified atom stereocenters. The lowest BCUT2D eigenvalue weighted by Gasteiger charge is -2.24. The zero-order valence-electron chi connectivity index (χ0n) is 11.2. The van der Waals surface area contributed by atoms with Crippen LogP contribution in [0.5, 0.6) is 0 Å². The molecular weight excluding hydrogens is 230 g/mol. The Morgan fingerprint density at radius 2 is 2.28 bits per heavy atom. The van der Waals surface area contributed by atoms with Crippen molar-refractivity contribution in [3.8, 4) is 0 Å². The summed E-state index contributed by atoms with van der Waals surface area (Å²) in [5, 5.41) is 3.32. The molecule has 0 bridgehead atoms. The molecule has 3 atom stereocenters. The molecule has 1 aliphatic carbocycles. The van der Waals surface area contributed by atoms with Crippen LogP contribution in [0.15, 0.2) is 16.5 Å². The smallest absolute Gasteiger partial charge is 0.373 e. The summed E-state index contributed by atoms with van der Waals surface area (Å²) in [6.07, 6.45) is 3.75. The average molecular weight is 251 g/mol. The molecule has 1 heterocycles. The Bertz CT molecular complexity index is 413. The van der Waals surface area contributed by atoms with Crippen LogP contribution >= 0.6 is 0 Å². The molecule has 100 valence electrons. The molecule has 4 nitrogen and oxygen atoms in total. The first-order valence-electron chi connectivity index (χ1n) is 6.52. The maximum absolute atomic E-state index is 11.4. The Balaban J connectivity index is 2.17. The van der Waals surface area contributed by atoms with Crippen LogP contribution in [-0.4, -0.2) is 20.1 Å². The molecule has 18 heavy (non-hydrogen) atoms. The number of hydrogen-bond donors (Lipinski definition) is 1. The van der Waals surface area contributed by atoms with Gasteiger partial charge in [-0.05, 0) is 37.4 Å². The zero-order valence-corrected chi connectivity index (χ0v) is 11.2. The molecular formula is C14H21NO3. The highest BCUT2D eigenvalue weighted by atomic mass is 16.5. The normalized spacial score (nSPS) is 25.1. The van der Waals surface area contributed by atoms with Crippen molar-refractivity contribution in [1.29, 1.82) is 0 Å². The van der Waals surface area contributed by atoms with Gasteiger partial charge in [-0.1, -0.05) is 19.8 Å². The number of furan rings is 1. The largest absolute Gasteiger partial charge is 0.463 e. The molecule has 2 rings (SSSR count). The molecule has 0 aromatic carbocycles. The number of hydrogen-bond acceptors (Lipinski definition) is 4. The van der Waals surface area contributed by atoms with Gasteiger partial charge in [-0.2, -0.15) is 0 Å². The molecule has 4 heteroatoms. The average Bonchev–Trinajstić information content (AvgIpc) is 3.00. The minimum atomic E-state index is -0.421. The number of methoxy groups -OCH3 is 1. The van der Waals surface area contributed by atoms with Crippen LogP contribution in [0.25, 0.3) is 0 Å². The summed E-state index contributed by atoms with van der Waals surface area (Å²) in [6.45, 7) is 2.28. The monoisotopic (exact) mass is 251 g/mol. The van der Waals surface area contributed by atoms with Gasteiger partial charge >= 0.3 is 5.97 Å². The topological polar surface area (TPSA) is 51.5 Å². The number of nitrogens with one attached hydrogen (secondary N) is 1. The molecule has 1 aliphatic rings. The van der Waals surface area contributed by atoms with Crippen LogP contribution in [-0.2, 0) is 4.74 Å². The van der Waals surface area contributed by atoms with Crippen molar-refractivity contribution < 1.29 is 13.9 Å². The van der Waals surface area contributed by atoms with E-state index in [0.29, 0.717) is 11.8 Å². The summed E-state index contributed by atoms with van der Waals surface area (Å²) >= 11 is 0. The highest BCUT2D eigenvalue weighted by molar-refractivity contribution is 5.86. The molecule has 0 aliphatic heterocycles. The van der Waals surface area contributed by atoms with Gasteiger partial charge in [-0.3, -0.25) is 0 Å². The van der Waals surface area contributed by atoms with Crippen molar-refractivity contribution in [2.45, 2.75) is 32.2 Å². The third kappa shape index (κ3) is 2.43. The first-order valence-corrected chi connectivity index (χ1v) is 6.52. The van der Waals surface area contributed by atoms with Crippen LogP contribution in [0.3, 0.4) is 0 Å². The maximum Gasteiger partial charge on any atom is 0.373 e. The molecule has 0 amide bonds. The molecule has 1 N–H and O–H groups in total. The summed E-state index contributed by atoms with van der Waals surface area (Å²) in [7, 11) is 3.30. The van der Waals surface area contributed by atoms with Crippen LogP contribution in [0, 0.1) is 11.8 Å². The van der Waals surface area contributed by atoms with Crippen molar-refractivity contribution in [3.05, 3.63) is 23.7 Å². The predicted molar refractivity (Wildman–Crippen MR) is 68.4 cm³/mol. The molecule has 1 aromatic heterocycles. The second-order valence-electron chi connectivity index (χ2n) is 5.03. The van der Waals surface area contributed by atoms with Gasteiger partial charge in [-0.15, -0.1) is 0 Å². The molecule has 1 aromatic rings. The SMILES string of the molecule is CNC(c1ccc(C(=O)OC)o1)C1CCCC1C. The Hall–Kier alpha value is -1.29. The second-order valence-corrected chi connectivity index (χ2v) is 5.03. The van der Waals surface area contributed by atoms with E-state index in [1.54, 1.807) is 6.07 Å². The van der Waals surface area contributed by atoms with Gasteiger partial charge < -0.3 is 14.5 Å². The van der Waals surface area contributed by atoms with Crippen LogP contribution in [0.1, 0.15) is 48.5 Å². The van der Waals surface area contributed by atoms with Crippen LogP contribution < -0.4 is 5.32 Å². The van der Waals surface area contributed by atoms with E-state index in [4.69, 9.17) is 4.42 Å². The van der Waals surface area contributed by atoms with E-state index in [1.807, 2.05) is 13.1 Å². The molecule has 0 saturated heterocycles. The maximum atomic E-state index is 11.4. The van der Waals surface area contributed by atoms with Gasteiger partial charge in [0.15, 0.2) is 0 Å². The number of carbonyl (C=O) groups excluding carboxylic acids is 1. The second kappa shape index (κ2) is 5.57. The lowest BCUT2D eigenvalue weighted by Crippen LogP contribution is -2.26. The van der Waals surface area contributed by atoms with Crippen LogP contribution in [0.2, 0.25) is 0 Å². The standard InChI is InChI=1S/C14H21NO3/c1-9-5-4-6-10(9)13(15-2)11-7-8-12(18-11)14(16)17-3/h7-10,13,15H,4-6H2,1-3H3. The summed E-state index contributed by atoms with van der Waals surface area (Å²) < 4.78 is 10.3. The first kappa shape index (κ1) is 13.1. The minimum Gasteiger partial charge on any atom is -0.463 e. The fraction of sp³-hybridized carbons (Fsp3) is 0.643. The fourth-order valence-corrected chi connectivity index (χ4v) is 2.97. The Morgan fingerprint density at radius 1 is 1.50 bits per heavy atom. The van der Waals surface area contributed by atoms with Gasteiger partial charge in [0.05, 0.1) is 13.2 Å². The van der Waals surface area contributed by atoms with E-state index in [9.17, 15) is 4.79 Å². The van der Waals surface area contributed by atoms with Crippen molar-refractivity contribution in [2.75, 3.05) is 14.2 Å². The highest BCUT2D eigenvalue weighted by Crippen LogP contribution is 2.40. The molecule has 1 saturated carbocycles. The molecule has 0 spiro atoms. The van der Waals surface area contributed by atoms with Gasteiger partial charge in [-0.25, -0.2) is 4.79 Å². The van der Waals surface area contributed by atoms with E-state index < -0.39 is 5.97 Å². The lowest BCUT2D eigenvalue weighted by molar-refractivity contribution is 0.0560. The fourth-order valence-electron chi connectivity index (χ4n) is 2.97. The Kier molecular flexibility index (Phi) is 4.07. The summed E-state index contributed by atoms with van der Waals surface area (Å²) in [5.74, 6) is 1.95. The lowest BCUT2D eigenvalue weighted by atomic mass is 9.89. The Labute approximate surface area is 108 Å². The van der Waals surface area contributed by atoms with Crippen LogP contribution in [0.4, 0.5) is 0 Å². The number of esters is 1. The van der Waals surface area contributed by atoms with Crippen molar-refractivity contribution in [3.63, 3.8) is 0 Å². The van der Waals surface area contributed by atoms with Gasteiger partial charge in [0, 0.05) is 0 Å². The number of ether oxygens (including phenoxy) is 1. The van der Waals surface area contributed by atoms with E-state index in [2.05, 4.69) is 17.0 Å². The summed E-state index contributed by atoms with van der Waals surface area (Å²) in [5.41, 5.74) is 0. The van der Waals surface area contributed by atoms with E-state index in [-0.39, 0.29) is 11.8 Å². The molecule has 0 radical (unpaired) electrons. The Morgan fingerprint density at radius 3 is 2.83 bits per heavy atom. The van der Waals surface area contributed by atoms with E-state index >= 15 is 0 Å². The quantitative estimate of drug-likeness (QED) is 0.836. The van der Waals surface area contributed by atoms with E-state index in [0.717, 1.165) is 5.76 Å². The van der Waals surface area contributed by atoms with Crippen molar-refractivity contribution >= 4 is 5.97 Å². The first-order chi connectivity index (χ1) is 8.67. The van der Waals surface area contributed by atoms with Gasteiger partial charge in [0.1, 0.15) is 5.76 Å². The molecule has 1 fully saturated rings. The number of carbonyl (C=O) groups is 1. The predicted octanol–water partition coefficient (Wildman–Crippen LogP) is 2.76. The van der Waals surface area contributed by atoms with Gasteiger partial charge in [0.25, 0.3) is 0 Å². The zero-order chi connectivity index (χ0) is 13.1. The minimum absolute atomic E-state index is 0.181. The van der Waals surface area contributed by atoms with Crippen molar-refractivity contribution in [2.24, 2.45) is 11.8 Å².